The largest absolute Gasteiger partial charge is 0.387 e. The molecular weight excluding hydrogens is 408 g/mol. The number of fused-ring (bicyclic) bond motifs is 1. The molecule has 0 aliphatic rings. The van der Waals surface area contributed by atoms with Crippen LogP contribution in [0, 0.1) is 0 Å². The van der Waals surface area contributed by atoms with Gasteiger partial charge in [-0.1, -0.05) is 51.0 Å². The predicted molar refractivity (Wildman–Crippen MR) is 108 cm³/mol. The molecule has 1 heterocycles. The Balaban J connectivity index is 1.91. The topological polar surface area (TPSA) is 63.0 Å². The number of nitrogens with zero attached hydrogens (tertiary/aromatic N) is 1. The summed E-state index contributed by atoms with van der Waals surface area (Å²) in [5.41, 5.74) is 9.60. The van der Waals surface area contributed by atoms with Gasteiger partial charge in [0, 0.05) is 34.3 Å². The van der Waals surface area contributed by atoms with Gasteiger partial charge in [-0.15, -0.1) is 0 Å². The molecule has 0 radical (unpaired) electrons. The molecule has 1 aromatic heterocycles. The number of hydrogen-bond acceptors (Lipinski definition) is 5. The average molecular weight is 424 g/mol. The standard InChI is InChI=1S/C17H16BrClN4S/c1-21-16(13(18)9-20)10-3-2-4-12(7-10)22-17-23-14-8-11(19)5-6-15(14)24-17/h2-8,21H,9,20H2,1H3,(H,22,23)/b16-13+. The van der Waals surface area contributed by atoms with Gasteiger partial charge in [0.1, 0.15) is 0 Å². The van der Waals surface area contributed by atoms with Crippen molar-refractivity contribution in [1.29, 1.82) is 0 Å². The van der Waals surface area contributed by atoms with Crippen LogP contribution in [0.3, 0.4) is 0 Å². The maximum absolute atomic E-state index is 6.02. The predicted octanol–water partition coefficient (Wildman–Crippen LogP) is 4.93. The van der Waals surface area contributed by atoms with Crippen LogP contribution < -0.4 is 16.4 Å². The summed E-state index contributed by atoms with van der Waals surface area (Å²) in [5, 5.41) is 8.06. The molecule has 0 aliphatic carbocycles. The molecule has 0 amide bonds. The van der Waals surface area contributed by atoms with E-state index in [0.717, 1.165) is 36.8 Å². The molecule has 0 saturated carbocycles. The zero-order valence-electron chi connectivity index (χ0n) is 12.9. The second-order valence-electron chi connectivity index (χ2n) is 5.07. The summed E-state index contributed by atoms with van der Waals surface area (Å²) in [6.07, 6.45) is 0. The van der Waals surface area contributed by atoms with E-state index in [1.807, 2.05) is 43.4 Å². The molecule has 0 aliphatic heterocycles. The lowest BCUT2D eigenvalue weighted by Gasteiger charge is -2.12. The van der Waals surface area contributed by atoms with Gasteiger partial charge in [-0.25, -0.2) is 4.98 Å². The second kappa shape index (κ2) is 7.53. The lowest BCUT2D eigenvalue weighted by atomic mass is 10.1. The van der Waals surface area contributed by atoms with Gasteiger partial charge in [-0.05, 0) is 30.3 Å². The summed E-state index contributed by atoms with van der Waals surface area (Å²) >= 11 is 11.1. The molecular formula is C17H16BrClN4S. The van der Waals surface area contributed by atoms with Crippen molar-refractivity contribution >= 4 is 65.6 Å². The van der Waals surface area contributed by atoms with Crippen molar-refractivity contribution in [1.82, 2.24) is 10.3 Å². The van der Waals surface area contributed by atoms with Gasteiger partial charge < -0.3 is 16.4 Å². The van der Waals surface area contributed by atoms with E-state index in [1.165, 1.54) is 0 Å². The maximum atomic E-state index is 6.02. The molecule has 4 nitrogen and oxygen atoms in total. The first kappa shape index (κ1) is 17.2. The van der Waals surface area contributed by atoms with Gasteiger partial charge in [0.2, 0.25) is 0 Å². The first-order valence-electron chi connectivity index (χ1n) is 7.30. The van der Waals surface area contributed by atoms with Gasteiger partial charge in [-0.3, -0.25) is 0 Å². The van der Waals surface area contributed by atoms with Crippen molar-refractivity contribution in [2.24, 2.45) is 5.73 Å². The number of anilines is 2. The number of nitrogens with one attached hydrogen (secondary N) is 2. The Hall–Kier alpha value is -1.60. The normalized spacial score (nSPS) is 12.2. The number of nitrogens with two attached hydrogens (primary N) is 1. The Morgan fingerprint density at radius 2 is 2.12 bits per heavy atom. The first-order chi connectivity index (χ1) is 11.6. The number of halogens is 2. The van der Waals surface area contributed by atoms with Crippen LogP contribution in [-0.4, -0.2) is 18.6 Å². The minimum absolute atomic E-state index is 0.437. The summed E-state index contributed by atoms with van der Waals surface area (Å²) in [7, 11) is 1.88. The van der Waals surface area contributed by atoms with E-state index in [4.69, 9.17) is 17.3 Å². The van der Waals surface area contributed by atoms with E-state index < -0.39 is 0 Å². The first-order valence-corrected chi connectivity index (χ1v) is 9.29. The van der Waals surface area contributed by atoms with Crippen LogP contribution in [0.1, 0.15) is 5.56 Å². The second-order valence-corrected chi connectivity index (χ2v) is 7.50. The molecule has 0 saturated heterocycles. The summed E-state index contributed by atoms with van der Waals surface area (Å²) in [6, 6.07) is 13.8. The van der Waals surface area contributed by atoms with Gasteiger partial charge in [-0.2, -0.15) is 0 Å². The molecule has 24 heavy (non-hydrogen) atoms. The summed E-state index contributed by atoms with van der Waals surface area (Å²) in [5.74, 6) is 0. The highest BCUT2D eigenvalue weighted by Crippen LogP contribution is 2.31. The van der Waals surface area contributed by atoms with Crippen molar-refractivity contribution in [2.45, 2.75) is 0 Å². The molecule has 0 bridgehead atoms. The number of aromatic nitrogens is 1. The van der Waals surface area contributed by atoms with Crippen molar-refractivity contribution in [3.8, 4) is 0 Å². The Labute approximate surface area is 157 Å². The highest BCUT2D eigenvalue weighted by molar-refractivity contribution is 9.11. The molecule has 124 valence electrons. The van der Waals surface area contributed by atoms with Gasteiger partial charge >= 0.3 is 0 Å². The third kappa shape index (κ3) is 3.72. The molecule has 0 atom stereocenters. The molecule has 3 aromatic rings. The van der Waals surface area contributed by atoms with Gasteiger partial charge in [0.05, 0.1) is 15.9 Å². The van der Waals surface area contributed by atoms with Crippen molar-refractivity contribution < 1.29 is 0 Å². The minimum atomic E-state index is 0.437. The average Bonchev–Trinajstić information content (AvgIpc) is 2.97. The van der Waals surface area contributed by atoms with E-state index in [9.17, 15) is 0 Å². The molecule has 0 spiro atoms. The molecule has 0 fully saturated rings. The lowest BCUT2D eigenvalue weighted by molar-refractivity contribution is 1.10. The van der Waals surface area contributed by atoms with Crippen LogP contribution in [-0.2, 0) is 0 Å². The van der Waals surface area contributed by atoms with Crippen LogP contribution in [0.5, 0.6) is 0 Å². The fraction of sp³-hybridized carbons (Fsp3) is 0.118. The van der Waals surface area contributed by atoms with Crippen molar-refractivity contribution in [3.05, 3.63) is 57.5 Å². The summed E-state index contributed by atoms with van der Waals surface area (Å²) < 4.78 is 2.02. The van der Waals surface area contributed by atoms with Gasteiger partial charge in [0.25, 0.3) is 0 Å². The fourth-order valence-electron chi connectivity index (χ4n) is 2.37. The zero-order valence-corrected chi connectivity index (χ0v) is 16.1. The maximum Gasteiger partial charge on any atom is 0.188 e. The number of benzene rings is 2. The van der Waals surface area contributed by atoms with Crippen LogP contribution >= 0.6 is 38.9 Å². The number of hydrogen-bond donors (Lipinski definition) is 3. The lowest BCUT2D eigenvalue weighted by Crippen LogP contribution is -2.11. The van der Waals surface area contributed by atoms with Crippen LogP contribution in [0.4, 0.5) is 10.8 Å². The number of thiazole rings is 1. The highest BCUT2D eigenvalue weighted by atomic mass is 79.9. The van der Waals surface area contributed by atoms with E-state index in [0.29, 0.717) is 11.6 Å². The fourth-order valence-corrected chi connectivity index (χ4v) is 3.83. The molecule has 3 rings (SSSR count). The smallest absolute Gasteiger partial charge is 0.188 e. The number of rotatable bonds is 5. The van der Waals surface area contributed by atoms with Gasteiger partial charge in [0.15, 0.2) is 5.13 Å². The van der Waals surface area contributed by atoms with E-state index >= 15 is 0 Å². The van der Waals surface area contributed by atoms with E-state index in [-0.39, 0.29) is 0 Å². The molecule has 4 N–H and O–H groups in total. The Bertz CT molecular complexity index is 906. The monoisotopic (exact) mass is 422 g/mol. The summed E-state index contributed by atoms with van der Waals surface area (Å²) in [6.45, 7) is 0.437. The van der Waals surface area contributed by atoms with E-state index in [1.54, 1.807) is 11.3 Å². The summed E-state index contributed by atoms with van der Waals surface area (Å²) in [4.78, 5) is 4.58. The van der Waals surface area contributed by atoms with Crippen LogP contribution in [0.25, 0.3) is 15.9 Å². The van der Waals surface area contributed by atoms with Crippen LogP contribution in [0.15, 0.2) is 46.9 Å². The molecule has 2 aromatic carbocycles. The Kier molecular flexibility index (Phi) is 5.40. The minimum Gasteiger partial charge on any atom is -0.387 e. The Morgan fingerprint density at radius 1 is 1.29 bits per heavy atom. The SMILES string of the molecule is CN/C(=C(/Br)CN)c1cccc(Nc2nc3cc(Cl)ccc3s2)c1. The quantitative estimate of drug-likeness (QED) is 0.544. The van der Waals surface area contributed by atoms with Crippen molar-refractivity contribution in [3.63, 3.8) is 0 Å². The van der Waals surface area contributed by atoms with Crippen LogP contribution in [0.2, 0.25) is 5.02 Å². The molecule has 0 unspecified atom stereocenters. The Morgan fingerprint density at radius 3 is 2.88 bits per heavy atom. The zero-order chi connectivity index (χ0) is 17.1. The van der Waals surface area contributed by atoms with E-state index in [2.05, 4.69) is 37.6 Å². The highest BCUT2D eigenvalue weighted by Gasteiger charge is 2.08. The third-order valence-corrected chi connectivity index (χ3v) is 5.36. The third-order valence-electron chi connectivity index (χ3n) is 3.45. The molecule has 7 heteroatoms. The van der Waals surface area contributed by atoms with Crippen molar-refractivity contribution in [2.75, 3.05) is 18.9 Å².